The SMILES string of the molecule is Cc1cccc2sc(NCCNC(=O)N(C)C)nc12. The van der Waals surface area contributed by atoms with Crippen LogP contribution in [0.2, 0.25) is 0 Å². The minimum absolute atomic E-state index is 0.0815. The molecular weight excluding hydrogens is 260 g/mol. The predicted octanol–water partition coefficient (Wildman–Crippen LogP) is 2.29. The van der Waals surface area contributed by atoms with Gasteiger partial charge in [-0.1, -0.05) is 23.5 Å². The molecule has 0 atom stereocenters. The first-order chi connectivity index (χ1) is 9.08. The Hall–Kier alpha value is -1.82. The van der Waals surface area contributed by atoms with Crippen LogP contribution in [0, 0.1) is 6.92 Å². The minimum Gasteiger partial charge on any atom is -0.360 e. The molecule has 1 aromatic heterocycles. The average Bonchev–Trinajstić information content (AvgIpc) is 2.78. The highest BCUT2D eigenvalue weighted by molar-refractivity contribution is 7.22. The Balaban J connectivity index is 1.88. The number of fused-ring (bicyclic) bond motifs is 1. The van der Waals surface area contributed by atoms with E-state index in [0.29, 0.717) is 13.1 Å². The van der Waals surface area contributed by atoms with Crippen LogP contribution in [0.4, 0.5) is 9.93 Å². The van der Waals surface area contributed by atoms with E-state index in [0.717, 1.165) is 10.6 Å². The van der Waals surface area contributed by atoms with Crippen molar-refractivity contribution in [1.29, 1.82) is 0 Å². The van der Waals surface area contributed by atoms with Gasteiger partial charge in [0.05, 0.1) is 10.2 Å². The number of nitrogens with one attached hydrogen (secondary N) is 2. The maximum absolute atomic E-state index is 11.3. The van der Waals surface area contributed by atoms with E-state index in [1.807, 2.05) is 6.07 Å². The summed E-state index contributed by atoms with van der Waals surface area (Å²) < 4.78 is 1.18. The van der Waals surface area contributed by atoms with Crippen molar-refractivity contribution in [2.45, 2.75) is 6.92 Å². The summed E-state index contributed by atoms with van der Waals surface area (Å²) in [5, 5.41) is 6.92. The lowest BCUT2D eigenvalue weighted by molar-refractivity contribution is 0.218. The largest absolute Gasteiger partial charge is 0.360 e. The van der Waals surface area contributed by atoms with Gasteiger partial charge in [0.2, 0.25) is 0 Å². The molecule has 0 aliphatic carbocycles. The lowest BCUT2D eigenvalue weighted by Crippen LogP contribution is -2.37. The molecule has 0 saturated heterocycles. The van der Waals surface area contributed by atoms with Crippen LogP contribution < -0.4 is 10.6 Å². The number of aryl methyl sites for hydroxylation is 1. The zero-order valence-electron chi connectivity index (χ0n) is 11.4. The molecule has 0 aliphatic rings. The van der Waals surface area contributed by atoms with Gasteiger partial charge in [-0.25, -0.2) is 9.78 Å². The Morgan fingerprint density at radius 1 is 1.37 bits per heavy atom. The molecule has 0 fully saturated rings. The molecule has 5 nitrogen and oxygen atoms in total. The van der Waals surface area contributed by atoms with Crippen LogP contribution in [0.5, 0.6) is 0 Å². The first-order valence-corrected chi connectivity index (χ1v) is 6.95. The molecule has 1 aromatic carbocycles. The smallest absolute Gasteiger partial charge is 0.316 e. The summed E-state index contributed by atoms with van der Waals surface area (Å²) in [6, 6.07) is 6.08. The van der Waals surface area contributed by atoms with Gasteiger partial charge < -0.3 is 15.5 Å². The van der Waals surface area contributed by atoms with E-state index in [-0.39, 0.29) is 6.03 Å². The summed E-state index contributed by atoms with van der Waals surface area (Å²) in [5.74, 6) is 0. The molecule has 2 aromatic rings. The second kappa shape index (κ2) is 5.88. The number of hydrogen-bond donors (Lipinski definition) is 2. The van der Waals surface area contributed by atoms with Crippen LogP contribution in [0.15, 0.2) is 18.2 Å². The minimum atomic E-state index is -0.0815. The van der Waals surface area contributed by atoms with E-state index in [9.17, 15) is 4.79 Å². The Bertz CT molecular complexity index is 579. The van der Waals surface area contributed by atoms with Crippen molar-refractivity contribution < 1.29 is 4.79 Å². The Kier molecular flexibility index (Phi) is 4.21. The van der Waals surface area contributed by atoms with E-state index in [1.165, 1.54) is 15.2 Å². The molecule has 1 heterocycles. The molecule has 102 valence electrons. The molecule has 0 spiro atoms. The average molecular weight is 278 g/mol. The highest BCUT2D eigenvalue weighted by Gasteiger charge is 2.05. The van der Waals surface area contributed by atoms with Crippen LogP contribution in [-0.4, -0.2) is 43.1 Å². The third kappa shape index (κ3) is 3.35. The van der Waals surface area contributed by atoms with Gasteiger partial charge in [0.25, 0.3) is 0 Å². The van der Waals surface area contributed by atoms with Crippen LogP contribution in [0.25, 0.3) is 10.2 Å². The number of anilines is 1. The number of hydrogen-bond acceptors (Lipinski definition) is 4. The lowest BCUT2D eigenvalue weighted by Gasteiger charge is -2.11. The highest BCUT2D eigenvalue weighted by atomic mass is 32.1. The Morgan fingerprint density at radius 3 is 2.84 bits per heavy atom. The number of benzene rings is 1. The summed E-state index contributed by atoms with van der Waals surface area (Å²) >= 11 is 1.63. The topological polar surface area (TPSA) is 57.3 Å². The third-order valence-corrected chi connectivity index (χ3v) is 3.68. The third-order valence-electron chi connectivity index (χ3n) is 2.70. The van der Waals surface area contributed by atoms with Gasteiger partial charge in [-0.3, -0.25) is 0 Å². The molecule has 0 saturated carbocycles. The van der Waals surface area contributed by atoms with Crippen molar-refractivity contribution in [2.24, 2.45) is 0 Å². The van der Waals surface area contributed by atoms with E-state index < -0.39 is 0 Å². The van der Waals surface area contributed by atoms with Crippen molar-refractivity contribution in [2.75, 3.05) is 32.5 Å². The molecule has 2 rings (SSSR count). The first-order valence-electron chi connectivity index (χ1n) is 6.13. The van der Waals surface area contributed by atoms with E-state index in [4.69, 9.17) is 0 Å². The lowest BCUT2D eigenvalue weighted by atomic mass is 10.2. The number of nitrogens with zero attached hydrogens (tertiary/aromatic N) is 2. The van der Waals surface area contributed by atoms with Crippen molar-refractivity contribution in [3.8, 4) is 0 Å². The van der Waals surface area contributed by atoms with Crippen LogP contribution in [0.1, 0.15) is 5.56 Å². The monoisotopic (exact) mass is 278 g/mol. The normalized spacial score (nSPS) is 10.5. The fourth-order valence-electron chi connectivity index (χ4n) is 1.66. The molecule has 0 radical (unpaired) electrons. The molecule has 0 aliphatic heterocycles. The number of thiazole rings is 1. The molecule has 0 unspecified atom stereocenters. The van der Waals surface area contributed by atoms with Gasteiger partial charge in [0.1, 0.15) is 0 Å². The molecule has 2 amide bonds. The molecule has 6 heteroatoms. The maximum Gasteiger partial charge on any atom is 0.316 e. The highest BCUT2D eigenvalue weighted by Crippen LogP contribution is 2.27. The molecule has 2 N–H and O–H groups in total. The molecule has 0 bridgehead atoms. The fourth-order valence-corrected chi connectivity index (χ4v) is 2.63. The number of carbonyl (C=O) groups is 1. The van der Waals surface area contributed by atoms with Gasteiger partial charge in [0.15, 0.2) is 5.13 Å². The Morgan fingerprint density at radius 2 is 2.16 bits per heavy atom. The summed E-state index contributed by atoms with van der Waals surface area (Å²) in [4.78, 5) is 17.4. The number of rotatable bonds is 4. The zero-order valence-corrected chi connectivity index (χ0v) is 12.2. The van der Waals surface area contributed by atoms with Crippen molar-refractivity contribution in [3.05, 3.63) is 23.8 Å². The first kappa shape index (κ1) is 13.6. The predicted molar refractivity (Wildman–Crippen MR) is 79.9 cm³/mol. The second-order valence-electron chi connectivity index (χ2n) is 4.49. The van der Waals surface area contributed by atoms with Gasteiger partial charge in [0, 0.05) is 27.2 Å². The number of amides is 2. The maximum atomic E-state index is 11.3. The second-order valence-corrected chi connectivity index (χ2v) is 5.52. The summed E-state index contributed by atoms with van der Waals surface area (Å²) in [6.45, 7) is 3.30. The van der Waals surface area contributed by atoms with E-state index >= 15 is 0 Å². The van der Waals surface area contributed by atoms with Crippen LogP contribution >= 0.6 is 11.3 Å². The van der Waals surface area contributed by atoms with Gasteiger partial charge >= 0.3 is 6.03 Å². The van der Waals surface area contributed by atoms with Gasteiger partial charge in [-0.15, -0.1) is 0 Å². The zero-order chi connectivity index (χ0) is 13.8. The molecular formula is C13H18N4OS. The van der Waals surface area contributed by atoms with Crippen LogP contribution in [0.3, 0.4) is 0 Å². The number of para-hydroxylation sites is 1. The number of urea groups is 1. The van der Waals surface area contributed by atoms with Gasteiger partial charge in [-0.2, -0.15) is 0 Å². The van der Waals surface area contributed by atoms with Crippen molar-refractivity contribution in [3.63, 3.8) is 0 Å². The van der Waals surface area contributed by atoms with Gasteiger partial charge in [-0.05, 0) is 18.6 Å². The van der Waals surface area contributed by atoms with Crippen LogP contribution in [-0.2, 0) is 0 Å². The van der Waals surface area contributed by atoms with Crippen molar-refractivity contribution >= 4 is 32.7 Å². The Labute approximate surface area is 116 Å². The summed E-state index contributed by atoms with van der Waals surface area (Å²) in [7, 11) is 3.44. The van der Waals surface area contributed by atoms with E-state index in [2.05, 4.69) is 34.7 Å². The quantitative estimate of drug-likeness (QED) is 0.844. The van der Waals surface area contributed by atoms with Crippen molar-refractivity contribution in [1.82, 2.24) is 15.2 Å². The molecule has 19 heavy (non-hydrogen) atoms. The number of carbonyl (C=O) groups excluding carboxylic acids is 1. The summed E-state index contributed by atoms with van der Waals surface area (Å²) in [6.07, 6.45) is 0. The fraction of sp³-hybridized carbons (Fsp3) is 0.385. The standard InChI is InChI=1S/C13H18N4OS/c1-9-5-4-6-10-11(9)16-12(19-10)14-7-8-15-13(18)17(2)3/h4-6H,7-8H2,1-3H3,(H,14,16)(H,15,18). The number of aromatic nitrogens is 1. The summed E-state index contributed by atoms with van der Waals surface area (Å²) in [5.41, 5.74) is 2.23. The van der Waals surface area contributed by atoms with E-state index in [1.54, 1.807) is 25.4 Å².